The number of nitrogens with zero attached hydrogens (tertiary/aromatic N) is 2. The van der Waals surface area contributed by atoms with Crippen molar-refractivity contribution in [1.82, 2.24) is 4.90 Å². The highest BCUT2D eigenvalue weighted by molar-refractivity contribution is 5.53. The average Bonchev–Trinajstić information content (AvgIpc) is 2.96. The zero-order chi connectivity index (χ0) is 13.2. The summed E-state index contributed by atoms with van der Waals surface area (Å²) in [5, 5.41) is 9.82. The Bertz CT molecular complexity index is 432. The molecule has 1 N–H and O–H groups in total. The number of benzene rings is 1. The predicted octanol–water partition coefficient (Wildman–Crippen LogP) is 2.77. The van der Waals surface area contributed by atoms with Gasteiger partial charge in [-0.3, -0.25) is 0 Å². The molecular weight excluding hydrogens is 236 g/mol. The second-order valence-electron chi connectivity index (χ2n) is 5.93. The number of aromatic hydroxyl groups is 1. The maximum atomic E-state index is 9.82. The quantitative estimate of drug-likeness (QED) is 0.885. The van der Waals surface area contributed by atoms with Crippen LogP contribution in [0.2, 0.25) is 0 Å². The van der Waals surface area contributed by atoms with E-state index in [0.717, 1.165) is 24.7 Å². The third kappa shape index (κ3) is 2.71. The van der Waals surface area contributed by atoms with Crippen molar-refractivity contribution in [2.45, 2.75) is 38.6 Å². The van der Waals surface area contributed by atoms with Gasteiger partial charge < -0.3 is 14.9 Å². The number of piperidine rings is 1. The van der Waals surface area contributed by atoms with E-state index in [1.165, 1.54) is 44.5 Å². The van der Waals surface area contributed by atoms with E-state index in [2.05, 4.69) is 15.9 Å². The maximum absolute atomic E-state index is 9.82. The van der Waals surface area contributed by atoms with Gasteiger partial charge in [-0.25, -0.2) is 0 Å². The van der Waals surface area contributed by atoms with Crippen LogP contribution < -0.4 is 4.90 Å². The Morgan fingerprint density at radius 2 is 1.74 bits per heavy atom. The van der Waals surface area contributed by atoms with Gasteiger partial charge in [0.15, 0.2) is 0 Å². The van der Waals surface area contributed by atoms with Crippen LogP contribution in [0.3, 0.4) is 0 Å². The first-order valence-electron chi connectivity index (χ1n) is 7.52. The fraction of sp³-hybridized carbons (Fsp3) is 0.625. The van der Waals surface area contributed by atoms with Crippen molar-refractivity contribution in [2.24, 2.45) is 0 Å². The molecule has 0 bridgehead atoms. The molecule has 0 saturated carbocycles. The van der Waals surface area contributed by atoms with Crippen LogP contribution in [0.5, 0.6) is 5.75 Å². The lowest BCUT2D eigenvalue weighted by molar-refractivity contribution is 0.208. The molecule has 0 aromatic heterocycles. The molecule has 0 amide bonds. The number of hydrogen-bond acceptors (Lipinski definition) is 3. The fourth-order valence-corrected chi connectivity index (χ4v) is 3.39. The van der Waals surface area contributed by atoms with Crippen molar-refractivity contribution in [3.05, 3.63) is 23.8 Å². The van der Waals surface area contributed by atoms with Gasteiger partial charge in [0.1, 0.15) is 5.75 Å². The van der Waals surface area contributed by atoms with Gasteiger partial charge in [-0.1, -0.05) is 6.07 Å². The van der Waals surface area contributed by atoms with Crippen LogP contribution in [0.4, 0.5) is 5.69 Å². The zero-order valence-corrected chi connectivity index (χ0v) is 11.8. The third-order valence-corrected chi connectivity index (χ3v) is 4.68. The molecule has 0 radical (unpaired) electrons. The Morgan fingerprint density at radius 1 is 1.05 bits per heavy atom. The molecule has 0 aliphatic carbocycles. The van der Waals surface area contributed by atoms with Crippen LogP contribution in [-0.2, 0) is 0 Å². The van der Waals surface area contributed by atoms with Gasteiger partial charge in [-0.2, -0.15) is 0 Å². The second kappa shape index (κ2) is 5.41. The SMILES string of the molecule is Cc1ccc(N2CCC(N3CCCC3)CC2)cc1O. The Balaban J connectivity index is 1.61. The number of phenolic OH excluding ortho intramolecular Hbond substituents is 1. The molecule has 2 saturated heterocycles. The second-order valence-corrected chi connectivity index (χ2v) is 5.93. The number of phenols is 1. The lowest BCUT2D eigenvalue weighted by Crippen LogP contribution is -2.43. The van der Waals surface area contributed by atoms with Crippen LogP contribution >= 0.6 is 0 Å². The number of likely N-dealkylation sites (tertiary alicyclic amines) is 1. The Hall–Kier alpha value is -1.22. The van der Waals surface area contributed by atoms with Gasteiger partial charge in [0.25, 0.3) is 0 Å². The van der Waals surface area contributed by atoms with Gasteiger partial charge in [0.2, 0.25) is 0 Å². The van der Waals surface area contributed by atoms with Crippen LogP contribution in [0.15, 0.2) is 18.2 Å². The summed E-state index contributed by atoms with van der Waals surface area (Å²) >= 11 is 0. The highest BCUT2D eigenvalue weighted by atomic mass is 16.3. The normalized spacial score (nSPS) is 22.1. The summed E-state index contributed by atoms with van der Waals surface area (Å²) in [6.07, 6.45) is 5.28. The van der Waals surface area contributed by atoms with Crippen molar-refractivity contribution in [2.75, 3.05) is 31.1 Å². The van der Waals surface area contributed by atoms with E-state index >= 15 is 0 Å². The van der Waals surface area contributed by atoms with Gasteiger partial charge in [0, 0.05) is 30.9 Å². The largest absolute Gasteiger partial charge is 0.508 e. The van der Waals surface area contributed by atoms with Gasteiger partial charge in [0.05, 0.1) is 0 Å². The molecule has 2 aliphatic heterocycles. The standard InChI is InChI=1S/C16H24N2O/c1-13-4-5-15(12-16(13)19)18-10-6-14(7-11-18)17-8-2-3-9-17/h4-5,12,14,19H,2-3,6-11H2,1H3. The monoisotopic (exact) mass is 260 g/mol. The van der Waals surface area contributed by atoms with Crippen molar-refractivity contribution < 1.29 is 5.11 Å². The molecule has 2 heterocycles. The van der Waals surface area contributed by atoms with Crippen LogP contribution in [0, 0.1) is 6.92 Å². The van der Waals surface area contributed by atoms with E-state index in [1.807, 2.05) is 19.1 Å². The highest BCUT2D eigenvalue weighted by Crippen LogP contribution is 2.28. The van der Waals surface area contributed by atoms with Crippen molar-refractivity contribution >= 4 is 5.69 Å². The van der Waals surface area contributed by atoms with Crippen LogP contribution in [-0.4, -0.2) is 42.2 Å². The Kier molecular flexibility index (Phi) is 3.65. The lowest BCUT2D eigenvalue weighted by Gasteiger charge is -2.37. The fourth-order valence-electron chi connectivity index (χ4n) is 3.39. The first kappa shape index (κ1) is 12.8. The minimum Gasteiger partial charge on any atom is -0.508 e. The Morgan fingerprint density at radius 3 is 2.37 bits per heavy atom. The molecule has 3 rings (SSSR count). The van der Waals surface area contributed by atoms with Crippen molar-refractivity contribution in [1.29, 1.82) is 0 Å². The van der Waals surface area contributed by atoms with Gasteiger partial charge >= 0.3 is 0 Å². The molecule has 0 atom stereocenters. The molecule has 3 nitrogen and oxygen atoms in total. The molecule has 2 fully saturated rings. The molecule has 3 heteroatoms. The predicted molar refractivity (Wildman–Crippen MR) is 78.9 cm³/mol. The van der Waals surface area contributed by atoms with Gasteiger partial charge in [-0.05, 0) is 57.3 Å². The Labute approximate surface area is 115 Å². The summed E-state index contributed by atoms with van der Waals surface area (Å²) in [5.74, 6) is 0.416. The van der Waals surface area contributed by atoms with E-state index < -0.39 is 0 Å². The molecular formula is C16H24N2O. The number of aryl methyl sites for hydroxylation is 1. The molecule has 0 unspecified atom stereocenters. The summed E-state index contributed by atoms with van der Waals surface area (Å²) in [6, 6.07) is 6.84. The molecule has 0 spiro atoms. The van der Waals surface area contributed by atoms with E-state index in [4.69, 9.17) is 0 Å². The molecule has 2 aliphatic rings. The van der Waals surface area contributed by atoms with Gasteiger partial charge in [-0.15, -0.1) is 0 Å². The molecule has 104 valence electrons. The first-order valence-corrected chi connectivity index (χ1v) is 7.52. The smallest absolute Gasteiger partial charge is 0.120 e. The number of hydrogen-bond donors (Lipinski definition) is 1. The summed E-state index contributed by atoms with van der Waals surface area (Å²) in [5.41, 5.74) is 2.12. The molecule has 1 aromatic rings. The number of rotatable bonds is 2. The van der Waals surface area contributed by atoms with Crippen LogP contribution in [0.25, 0.3) is 0 Å². The van der Waals surface area contributed by atoms with E-state index in [1.54, 1.807) is 0 Å². The topological polar surface area (TPSA) is 26.7 Å². The van der Waals surface area contributed by atoms with E-state index in [-0.39, 0.29) is 0 Å². The molecule has 19 heavy (non-hydrogen) atoms. The highest BCUT2D eigenvalue weighted by Gasteiger charge is 2.26. The minimum absolute atomic E-state index is 0.416. The lowest BCUT2D eigenvalue weighted by atomic mass is 10.0. The van der Waals surface area contributed by atoms with Crippen molar-refractivity contribution in [3.63, 3.8) is 0 Å². The summed E-state index contributed by atoms with van der Waals surface area (Å²) in [7, 11) is 0. The summed E-state index contributed by atoms with van der Waals surface area (Å²) in [4.78, 5) is 5.08. The first-order chi connectivity index (χ1) is 9.24. The minimum atomic E-state index is 0.416. The summed E-state index contributed by atoms with van der Waals surface area (Å²) < 4.78 is 0. The molecule has 1 aromatic carbocycles. The average molecular weight is 260 g/mol. The van der Waals surface area contributed by atoms with Crippen LogP contribution in [0.1, 0.15) is 31.2 Å². The number of anilines is 1. The maximum Gasteiger partial charge on any atom is 0.120 e. The van der Waals surface area contributed by atoms with E-state index in [9.17, 15) is 5.11 Å². The zero-order valence-electron chi connectivity index (χ0n) is 11.8. The summed E-state index contributed by atoms with van der Waals surface area (Å²) in [6.45, 7) is 6.78. The van der Waals surface area contributed by atoms with Crippen molar-refractivity contribution in [3.8, 4) is 5.75 Å². The van der Waals surface area contributed by atoms with E-state index in [0.29, 0.717) is 5.75 Å². The third-order valence-electron chi connectivity index (χ3n) is 4.68.